The molecule has 0 aliphatic heterocycles. The molecule has 1 unspecified atom stereocenters. The lowest BCUT2D eigenvalue weighted by atomic mass is 10.2. The molecule has 0 radical (unpaired) electrons. The van der Waals surface area contributed by atoms with Gasteiger partial charge in [0.25, 0.3) is 5.91 Å². The number of halogens is 2. The summed E-state index contributed by atoms with van der Waals surface area (Å²) < 4.78 is 0. The molecule has 0 fully saturated rings. The number of carbonyl (C=O) groups is 2. The van der Waals surface area contributed by atoms with Gasteiger partial charge in [0.05, 0.1) is 0 Å². The van der Waals surface area contributed by atoms with Crippen LogP contribution in [0.5, 0.6) is 0 Å². The molecule has 1 N–H and O–H groups in total. The Morgan fingerprint density at radius 1 is 1.18 bits per heavy atom. The standard InChI is InChI=1S/C16H18Cl2N2O2/c1-4-6-20(7-5-2)16(22)11(3)19-15(21)12-8-13(17)10-14(18)9-12/h4-5,8-11H,1-2,6-7H2,3H3,(H,19,21). The lowest BCUT2D eigenvalue weighted by Gasteiger charge is -2.24. The first-order valence-corrected chi connectivity index (χ1v) is 7.42. The number of hydrogen-bond acceptors (Lipinski definition) is 2. The van der Waals surface area contributed by atoms with E-state index in [0.29, 0.717) is 28.7 Å². The number of rotatable bonds is 7. The third-order valence-corrected chi connectivity index (χ3v) is 3.29. The summed E-state index contributed by atoms with van der Waals surface area (Å²) in [6.07, 6.45) is 3.24. The fraction of sp³-hybridized carbons (Fsp3) is 0.250. The van der Waals surface area contributed by atoms with Crippen LogP contribution < -0.4 is 5.32 Å². The fourth-order valence-corrected chi connectivity index (χ4v) is 2.39. The fourth-order valence-electron chi connectivity index (χ4n) is 1.87. The van der Waals surface area contributed by atoms with E-state index < -0.39 is 11.9 Å². The highest BCUT2D eigenvalue weighted by Crippen LogP contribution is 2.19. The Hall–Kier alpha value is -1.78. The number of carbonyl (C=O) groups excluding carboxylic acids is 2. The van der Waals surface area contributed by atoms with E-state index in [2.05, 4.69) is 18.5 Å². The van der Waals surface area contributed by atoms with Crippen LogP contribution in [0.25, 0.3) is 0 Å². The molecular formula is C16H18Cl2N2O2. The average molecular weight is 341 g/mol. The molecule has 1 rings (SSSR count). The third-order valence-electron chi connectivity index (χ3n) is 2.85. The van der Waals surface area contributed by atoms with Crippen molar-refractivity contribution in [2.24, 2.45) is 0 Å². The Kier molecular flexibility index (Phi) is 7.15. The van der Waals surface area contributed by atoms with Crippen molar-refractivity contribution < 1.29 is 9.59 Å². The molecule has 1 aromatic rings. The van der Waals surface area contributed by atoms with Gasteiger partial charge in [-0.15, -0.1) is 13.2 Å². The molecule has 118 valence electrons. The Balaban J connectivity index is 2.79. The maximum atomic E-state index is 12.3. The molecule has 2 amide bonds. The van der Waals surface area contributed by atoms with Crippen molar-refractivity contribution in [3.63, 3.8) is 0 Å². The van der Waals surface area contributed by atoms with Gasteiger partial charge >= 0.3 is 0 Å². The Labute approximate surface area is 140 Å². The molecule has 1 aromatic carbocycles. The molecule has 0 spiro atoms. The maximum Gasteiger partial charge on any atom is 0.252 e. The molecule has 22 heavy (non-hydrogen) atoms. The van der Waals surface area contributed by atoms with Gasteiger partial charge in [0.2, 0.25) is 5.91 Å². The minimum Gasteiger partial charge on any atom is -0.341 e. The van der Waals surface area contributed by atoms with E-state index in [1.165, 1.54) is 23.1 Å². The zero-order valence-electron chi connectivity index (χ0n) is 12.3. The van der Waals surface area contributed by atoms with E-state index in [9.17, 15) is 9.59 Å². The van der Waals surface area contributed by atoms with Gasteiger partial charge in [-0.05, 0) is 25.1 Å². The van der Waals surface area contributed by atoms with Crippen molar-refractivity contribution in [3.05, 3.63) is 59.1 Å². The van der Waals surface area contributed by atoms with Gasteiger partial charge in [-0.25, -0.2) is 0 Å². The summed E-state index contributed by atoms with van der Waals surface area (Å²) in [7, 11) is 0. The zero-order valence-corrected chi connectivity index (χ0v) is 13.8. The van der Waals surface area contributed by atoms with Crippen LogP contribution in [0.3, 0.4) is 0 Å². The van der Waals surface area contributed by atoms with Crippen molar-refractivity contribution in [1.82, 2.24) is 10.2 Å². The van der Waals surface area contributed by atoms with Crippen molar-refractivity contribution in [2.45, 2.75) is 13.0 Å². The van der Waals surface area contributed by atoms with Crippen molar-refractivity contribution in [3.8, 4) is 0 Å². The minimum atomic E-state index is -0.690. The Morgan fingerprint density at radius 3 is 2.14 bits per heavy atom. The van der Waals surface area contributed by atoms with Crippen LogP contribution in [0.1, 0.15) is 17.3 Å². The van der Waals surface area contributed by atoms with Crippen molar-refractivity contribution >= 4 is 35.0 Å². The van der Waals surface area contributed by atoms with Crippen LogP contribution in [-0.2, 0) is 4.79 Å². The van der Waals surface area contributed by atoms with Crippen molar-refractivity contribution in [2.75, 3.05) is 13.1 Å². The SMILES string of the molecule is C=CCN(CC=C)C(=O)C(C)NC(=O)c1cc(Cl)cc(Cl)c1. The highest BCUT2D eigenvalue weighted by molar-refractivity contribution is 6.35. The van der Waals surface area contributed by atoms with Gasteiger partial charge in [0.15, 0.2) is 0 Å². The number of benzene rings is 1. The molecule has 0 aliphatic rings. The van der Waals surface area contributed by atoms with Gasteiger partial charge in [-0.3, -0.25) is 9.59 Å². The first-order chi connectivity index (χ1) is 10.4. The van der Waals surface area contributed by atoms with Gasteiger partial charge in [-0.1, -0.05) is 35.4 Å². The number of hydrogen-bond donors (Lipinski definition) is 1. The van der Waals surface area contributed by atoms with E-state index in [-0.39, 0.29) is 5.91 Å². The minimum absolute atomic E-state index is 0.221. The summed E-state index contributed by atoms with van der Waals surface area (Å²) in [5.41, 5.74) is 0.302. The van der Waals surface area contributed by atoms with Crippen LogP contribution in [0, 0.1) is 0 Å². The summed E-state index contributed by atoms with van der Waals surface area (Å²) in [5.74, 6) is -0.635. The van der Waals surface area contributed by atoms with Gasteiger partial charge in [0, 0.05) is 28.7 Å². The molecule has 4 nitrogen and oxygen atoms in total. The second kappa shape index (κ2) is 8.61. The van der Waals surface area contributed by atoms with Gasteiger partial charge in [0.1, 0.15) is 6.04 Å². The largest absolute Gasteiger partial charge is 0.341 e. The molecule has 0 saturated heterocycles. The molecule has 1 atom stereocenters. The highest BCUT2D eigenvalue weighted by Gasteiger charge is 2.21. The normalized spacial score (nSPS) is 11.4. The predicted molar refractivity (Wildman–Crippen MR) is 90.4 cm³/mol. The quantitative estimate of drug-likeness (QED) is 0.774. The molecule has 6 heteroatoms. The van der Waals surface area contributed by atoms with Crippen LogP contribution in [0.2, 0.25) is 10.0 Å². The molecule has 0 saturated carbocycles. The van der Waals surface area contributed by atoms with Crippen LogP contribution in [-0.4, -0.2) is 35.8 Å². The summed E-state index contributed by atoms with van der Waals surface area (Å²) in [4.78, 5) is 26.0. The monoisotopic (exact) mass is 340 g/mol. The van der Waals surface area contributed by atoms with Crippen LogP contribution in [0.15, 0.2) is 43.5 Å². The molecule has 0 aliphatic carbocycles. The number of amides is 2. The molecule has 0 bridgehead atoms. The van der Waals surface area contributed by atoms with E-state index in [1.807, 2.05) is 0 Å². The lowest BCUT2D eigenvalue weighted by Crippen LogP contribution is -2.47. The lowest BCUT2D eigenvalue weighted by molar-refractivity contribution is -0.131. The number of nitrogens with zero attached hydrogens (tertiary/aromatic N) is 1. The Morgan fingerprint density at radius 2 is 1.68 bits per heavy atom. The van der Waals surface area contributed by atoms with Gasteiger partial charge < -0.3 is 10.2 Å². The van der Waals surface area contributed by atoms with E-state index in [0.717, 1.165) is 0 Å². The topological polar surface area (TPSA) is 49.4 Å². The highest BCUT2D eigenvalue weighted by atomic mass is 35.5. The second-order valence-corrected chi connectivity index (χ2v) is 5.55. The summed E-state index contributed by atoms with van der Waals surface area (Å²) in [6, 6.07) is 3.83. The summed E-state index contributed by atoms with van der Waals surface area (Å²) in [6.45, 7) is 9.60. The van der Waals surface area contributed by atoms with Crippen LogP contribution in [0.4, 0.5) is 0 Å². The summed E-state index contributed by atoms with van der Waals surface area (Å²) >= 11 is 11.7. The second-order valence-electron chi connectivity index (χ2n) is 4.67. The summed E-state index contributed by atoms with van der Waals surface area (Å²) in [5, 5.41) is 3.35. The first-order valence-electron chi connectivity index (χ1n) is 6.66. The van der Waals surface area contributed by atoms with Gasteiger partial charge in [-0.2, -0.15) is 0 Å². The average Bonchev–Trinajstić information content (AvgIpc) is 2.45. The van der Waals surface area contributed by atoms with E-state index >= 15 is 0 Å². The van der Waals surface area contributed by atoms with Crippen LogP contribution >= 0.6 is 23.2 Å². The maximum absolute atomic E-state index is 12.3. The molecular weight excluding hydrogens is 323 g/mol. The smallest absolute Gasteiger partial charge is 0.252 e. The Bertz CT molecular complexity index is 557. The predicted octanol–water partition coefficient (Wildman–Crippen LogP) is 3.31. The van der Waals surface area contributed by atoms with Crippen molar-refractivity contribution in [1.29, 1.82) is 0 Å². The molecule has 0 aromatic heterocycles. The first kappa shape index (κ1) is 18.3. The van der Waals surface area contributed by atoms with E-state index in [1.54, 1.807) is 19.1 Å². The number of nitrogens with one attached hydrogen (secondary N) is 1. The molecule has 0 heterocycles. The zero-order chi connectivity index (χ0) is 16.7. The third kappa shape index (κ3) is 5.20. The van der Waals surface area contributed by atoms with E-state index in [4.69, 9.17) is 23.2 Å².